The van der Waals surface area contributed by atoms with E-state index >= 15 is 0 Å². The Balaban J connectivity index is 2.23. The largest absolute Gasteiger partial charge is 0.334 e. The first-order chi connectivity index (χ1) is 6.71. The van der Waals surface area contributed by atoms with Gasteiger partial charge in [0.05, 0.1) is 0 Å². The van der Waals surface area contributed by atoms with Crippen LogP contribution in [0.4, 0.5) is 0 Å². The summed E-state index contributed by atoms with van der Waals surface area (Å²) in [7, 11) is -3.35. The van der Waals surface area contributed by atoms with E-state index < -0.39 is 10.0 Å². The Morgan fingerprint density at radius 3 is 2.57 bits per heavy atom. The van der Waals surface area contributed by atoms with Gasteiger partial charge >= 0.3 is 0 Å². The fourth-order valence-corrected chi connectivity index (χ4v) is 3.01. The highest BCUT2D eigenvalue weighted by atomic mass is 32.2. The quantitative estimate of drug-likeness (QED) is 0.785. The van der Waals surface area contributed by atoms with Gasteiger partial charge in [-0.2, -0.15) is 4.31 Å². The van der Waals surface area contributed by atoms with Gasteiger partial charge in [0, 0.05) is 25.5 Å². The zero-order valence-electron chi connectivity index (χ0n) is 7.81. The molecule has 0 radical (unpaired) electrons. The number of hydrogen-bond acceptors (Lipinski definition) is 3. The Kier molecular flexibility index (Phi) is 2.56. The van der Waals surface area contributed by atoms with Crippen LogP contribution in [0, 0.1) is 0 Å². The SMILES string of the molecule is O=S(=O)(c1ncc[nH]1)N1CCCCC1. The van der Waals surface area contributed by atoms with Crippen LogP contribution in [0.25, 0.3) is 0 Å². The summed E-state index contributed by atoms with van der Waals surface area (Å²) in [5.74, 6) is 0. The normalized spacial score (nSPS) is 19.7. The third kappa shape index (κ3) is 1.67. The molecule has 0 atom stereocenters. The molecule has 1 aliphatic rings. The lowest BCUT2D eigenvalue weighted by Gasteiger charge is -2.24. The lowest BCUT2D eigenvalue weighted by atomic mass is 10.2. The maximum Gasteiger partial charge on any atom is 0.276 e. The van der Waals surface area contributed by atoms with E-state index in [1.54, 1.807) is 0 Å². The van der Waals surface area contributed by atoms with Crippen molar-refractivity contribution in [2.75, 3.05) is 13.1 Å². The molecule has 0 saturated carbocycles. The molecule has 14 heavy (non-hydrogen) atoms. The van der Waals surface area contributed by atoms with E-state index in [-0.39, 0.29) is 5.16 Å². The average molecular weight is 215 g/mol. The minimum absolute atomic E-state index is 0.0550. The molecule has 1 saturated heterocycles. The van der Waals surface area contributed by atoms with Gasteiger partial charge in [0.2, 0.25) is 5.16 Å². The molecule has 1 aliphatic heterocycles. The lowest BCUT2D eigenvalue weighted by Crippen LogP contribution is -2.36. The second-order valence-corrected chi connectivity index (χ2v) is 5.21. The third-order valence-corrected chi connectivity index (χ3v) is 4.13. The molecule has 6 heteroatoms. The van der Waals surface area contributed by atoms with Crippen LogP contribution in [0.5, 0.6) is 0 Å². The summed E-state index contributed by atoms with van der Waals surface area (Å²) in [6.07, 6.45) is 5.98. The summed E-state index contributed by atoms with van der Waals surface area (Å²) in [4.78, 5) is 6.41. The van der Waals surface area contributed by atoms with Crippen molar-refractivity contribution in [3.8, 4) is 0 Å². The fourth-order valence-electron chi connectivity index (χ4n) is 1.62. The van der Waals surface area contributed by atoms with Crippen molar-refractivity contribution in [2.45, 2.75) is 24.4 Å². The zero-order chi connectivity index (χ0) is 10.0. The van der Waals surface area contributed by atoms with Gasteiger partial charge in [-0.15, -0.1) is 0 Å². The van der Waals surface area contributed by atoms with Gasteiger partial charge < -0.3 is 4.98 Å². The predicted molar refractivity (Wildman–Crippen MR) is 51.2 cm³/mol. The number of nitrogens with zero attached hydrogens (tertiary/aromatic N) is 2. The van der Waals surface area contributed by atoms with Gasteiger partial charge in [-0.3, -0.25) is 0 Å². The number of H-pyrrole nitrogens is 1. The van der Waals surface area contributed by atoms with E-state index in [0.29, 0.717) is 13.1 Å². The molecule has 5 nitrogen and oxygen atoms in total. The summed E-state index contributed by atoms with van der Waals surface area (Å²) < 4.78 is 25.3. The summed E-state index contributed by atoms with van der Waals surface area (Å²) >= 11 is 0. The first-order valence-electron chi connectivity index (χ1n) is 4.71. The van der Waals surface area contributed by atoms with E-state index in [1.165, 1.54) is 16.7 Å². The monoisotopic (exact) mass is 215 g/mol. The molecular weight excluding hydrogens is 202 g/mol. The zero-order valence-corrected chi connectivity index (χ0v) is 8.63. The van der Waals surface area contributed by atoms with Crippen molar-refractivity contribution < 1.29 is 8.42 Å². The van der Waals surface area contributed by atoms with Crippen molar-refractivity contribution >= 4 is 10.0 Å². The Bertz CT molecular complexity index is 379. The maximum absolute atomic E-state index is 11.9. The molecule has 0 spiro atoms. The molecule has 0 aliphatic carbocycles. The van der Waals surface area contributed by atoms with E-state index in [2.05, 4.69) is 9.97 Å². The summed E-state index contributed by atoms with van der Waals surface area (Å²) in [6.45, 7) is 1.23. The summed E-state index contributed by atoms with van der Waals surface area (Å²) in [5, 5.41) is 0.0550. The van der Waals surface area contributed by atoms with Crippen LogP contribution in [0.2, 0.25) is 0 Å². The van der Waals surface area contributed by atoms with Crippen LogP contribution in [0.3, 0.4) is 0 Å². The molecule has 1 N–H and O–H groups in total. The number of nitrogens with one attached hydrogen (secondary N) is 1. The standard InChI is InChI=1S/C8H13N3O2S/c12-14(13,8-9-4-5-10-8)11-6-2-1-3-7-11/h4-5H,1-3,6-7H2,(H,9,10). The molecule has 1 aromatic rings. The highest BCUT2D eigenvalue weighted by Gasteiger charge is 2.27. The first kappa shape index (κ1) is 9.67. The molecule has 1 aromatic heterocycles. The van der Waals surface area contributed by atoms with Crippen LogP contribution >= 0.6 is 0 Å². The van der Waals surface area contributed by atoms with E-state index in [9.17, 15) is 8.42 Å². The summed E-state index contributed by atoms with van der Waals surface area (Å²) in [6, 6.07) is 0. The van der Waals surface area contributed by atoms with E-state index in [4.69, 9.17) is 0 Å². The molecule has 0 bridgehead atoms. The third-order valence-electron chi connectivity index (χ3n) is 2.37. The number of sulfonamides is 1. The minimum atomic E-state index is -3.35. The fraction of sp³-hybridized carbons (Fsp3) is 0.625. The topological polar surface area (TPSA) is 66.1 Å². The van der Waals surface area contributed by atoms with E-state index in [0.717, 1.165) is 19.3 Å². The van der Waals surface area contributed by atoms with Crippen LogP contribution in [-0.2, 0) is 10.0 Å². The van der Waals surface area contributed by atoms with Crippen LogP contribution in [0.15, 0.2) is 17.6 Å². The van der Waals surface area contributed by atoms with Gasteiger partial charge in [0.1, 0.15) is 0 Å². The Labute approximate surface area is 83.2 Å². The van der Waals surface area contributed by atoms with Gasteiger partial charge in [0.15, 0.2) is 0 Å². The molecular formula is C8H13N3O2S. The van der Waals surface area contributed by atoms with Crippen molar-refractivity contribution in [1.29, 1.82) is 0 Å². The summed E-state index contributed by atoms with van der Waals surface area (Å²) in [5.41, 5.74) is 0. The maximum atomic E-state index is 11.9. The Morgan fingerprint density at radius 1 is 1.29 bits per heavy atom. The molecule has 2 rings (SSSR count). The number of imidazole rings is 1. The average Bonchev–Trinajstić information content (AvgIpc) is 2.72. The molecule has 0 amide bonds. The Morgan fingerprint density at radius 2 is 2.00 bits per heavy atom. The smallest absolute Gasteiger partial charge is 0.276 e. The van der Waals surface area contributed by atoms with E-state index in [1.807, 2.05) is 0 Å². The van der Waals surface area contributed by atoms with Crippen LogP contribution in [0.1, 0.15) is 19.3 Å². The second kappa shape index (κ2) is 3.70. The predicted octanol–water partition coefficient (Wildman–Crippen LogP) is 0.584. The van der Waals surface area contributed by atoms with Crippen LogP contribution in [-0.4, -0.2) is 35.8 Å². The van der Waals surface area contributed by atoms with Gasteiger partial charge in [0.25, 0.3) is 10.0 Å². The number of rotatable bonds is 2. The molecule has 0 unspecified atom stereocenters. The number of piperidine rings is 1. The number of aromatic amines is 1. The van der Waals surface area contributed by atoms with Crippen molar-refractivity contribution in [1.82, 2.24) is 14.3 Å². The highest BCUT2D eigenvalue weighted by Crippen LogP contribution is 2.17. The van der Waals surface area contributed by atoms with Crippen molar-refractivity contribution in [3.63, 3.8) is 0 Å². The van der Waals surface area contributed by atoms with Crippen molar-refractivity contribution in [2.24, 2.45) is 0 Å². The lowest BCUT2D eigenvalue weighted by molar-refractivity contribution is 0.344. The molecule has 78 valence electrons. The van der Waals surface area contributed by atoms with Crippen molar-refractivity contribution in [3.05, 3.63) is 12.4 Å². The number of hydrogen-bond donors (Lipinski definition) is 1. The minimum Gasteiger partial charge on any atom is -0.334 e. The second-order valence-electron chi connectivity index (χ2n) is 3.36. The first-order valence-corrected chi connectivity index (χ1v) is 6.15. The van der Waals surface area contributed by atoms with Gasteiger partial charge in [-0.05, 0) is 12.8 Å². The van der Waals surface area contributed by atoms with Gasteiger partial charge in [-0.25, -0.2) is 13.4 Å². The Hall–Kier alpha value is -0.880. The van der Waals surface area contributed by atoms with Crippen LogP contribution < -0.4 is 0 Å². The molecule has 1 fully saturated rings. The molecule has 2 heterocycles. The molecule has 0 aromatic carbocycles. The highest BCUT2D eigenvalue weighted by molar-refractivity contribution is 7.88. The number of aromatic nitrogens is 2. The van der Waals surface area contributed by atoms with Gasteiger partial charge in [-0.1, -0.05) is 6.42 Å².